The van der Waals surface area contributed by atoms with E-state index in [1.807, 2.05) is 0 Å². The minimum Gasteiger partial charge on any atom is -0.461 e. The Balaban J connectivity index is 2.16. The highest BCUT2D eigenvalue weighted by atomic mass is 19.4. The Labute approximate surface area is 174 Å². The number of nitrogens with one attached hydrogen (secondary N) is 1. The van der Waals surface area contributed by atoms with Crippen LogP contribution in [0.4, 0.5) is 13.2 Å². The molecule has 0 saturated heterocycles. The highest BCUT2D eigenvalue weighted by molar-refractivity contribution is 5.91. The number of ether oxygens (including phenoxy) is 1. The molecule has 0 aliphatic rings. The van der Waals surface area contributed by atoms with E-state index in [0.717, 1.165) is 6.07 Å². The van der Waals surface area contributed by atoms with Crippen molar-refractivity contribution < 1.29 is 22.7 Å². The summed E-state index contributed by atoms with van der Waals surface area (Å²) < 4.78 is 49.7. The first-order valence-corrected chi connectivity index (χ1v) is 9.53. The largest absolute Gasteiger partial charge is 0.461 e. The Morgan fingerprint density at radius 1 is 1.16 bits per heavy atom. The molecule has 3 aromatic heterocycles. The average Bonchev–Trinajstić information content (AvgIpc) is 3.21. The van der Waals surface area contributed by atoms with Gasteiger partial charge in [-0.25, -0.2) is 9.78 Å². The van der Waals surface area contributed by atoms with Crippen molar-refractivity contribution in [2.75, 3.05) is 6.61 Å². The SMILES string of the molecule is CCOC(=O)c1nc2c(=O)[nH]c3cc(C(F)(F)F)c(-n4c(C)ccc4C)cc3n2c1C. The molecule has 4 rings (SSSR count). The van der Waals surface area contributed by atoms with E-state index in [1.165, 1.54) is 15.0 Å². The predicted molar refractivity (Wildman–Crippen MR) is 108 cm³/mol. The lowest BCUT2D eigenvalue weighted by atomic mass is 10.1. The molecule has 10 heteroatoms. The molecule has 3 heterocycles. The lowest BCUT2D eigenvalue weighted by molar-refractivity contribution is -0.137. The average molecular weight is 432 g/mol. The summed E-state index contributed by atoms with van der Waals surface area (Å²) in [6.45, 7) is 6.74. The van der Waals surface area contributed by atoms with Gasteiger partial charge in [-0.05, 0) is 52.0 Å². The monoisotopic (exact) mass is 432 g/mol. The fourth-order valence-corrected chi connectivity index (χ4v) is 3.84. The molecule has 31 heavy (non-hydrogen) atoms. The number of fused-ring (bicyclic) bond motifs is 3. The summed E-state index contributed by atoms with van der Waals surface area (Å²) in [6.07, 6.45) is -4.65. The molecule has 0 spiro atoms. The van der Waals surface area contributed by atoms with Gasteiger partial charge in [-0.1, -0.05) is 0 Å². The van der Waals surface area contributed by atoms with Crippen molar-refractivity contribution >= 4 is 22.6 Å². The molecular weight excluding hydrogens is 413 g/mol. The van der Waals surface area contributed by atoms with Crippen molar-refractivity contribution in [3.05, 3.63) is 63.0 Å². The van der Waals surface area contributed by atoms with Crippen LogP contribution in [0, 0.1) is 20.8 Å². The number of halogens is 3. The van der Waals surface area contributed by atoms with Crippen LogP contribution >= 0.6 is 0 Å². The minimum atomic E-state index is -4.65. The molecule has 0 amide bonds. The van der Waals surface area contributed by atoms with Gasteiger partial charge in [-0.2, -0.15) is 13.2 Å². The van der Waals surface area contributed by atoms with Crippen LogP contribution in [0.5, 0.6) is 0 Å². The number of aromatic amines is 1. The number of aromatic nitrogens is 4. The second-order valence-corrected chi connectivity index (χ2v) is 7.22. The number of carbonyl (C=O) groups excluding carboxylic acids is 1. The normalized spacial score (nSPS) is 12.1. The third-order valence-electron chi connectivity index (χ3n) is 5.20. The van der Waals surface area contributed by atoms with Crippen LogP contribution in [0.3, 0.4) is 0 Å². The number of imidazole rings is 1. The Morgan fingerprint density at radius 2 is 1.81 bits per heavy atom. The number of hydrogen-bond donors (Lipinski definition) is 1. The summed E-state index contributed by atoms with van der Waals surface area (Å²) in [4.78, 5) is 31.3. The minimum absolute atomic E-state index is 0.0213. The second-order valence-electron chi connectivity index (χ2n) is 7.22. The number of carbonyl (C=O) groups is 1. The third kappa shape index (κ3) is 3.18. The molecule has 4 aromatic rings. The van der Waals surface area contributed by atoms with Crippen LogP contribution in [-0.2, 0) is 10.9 Å². The van der Waals surface area contributed by atoms with E-state index < -0.39 is 23.3 Å². The fraction of sp³-hybridized carbons (Fsp3) is 0.286. The molecule has 1 aromatic carbocycles. The van der Waals surface area contributed by atoms with E-state index in [0.29, 0.717) is 17.1 Å². The molecule has 0 saturated carbocycles. The molecule has 0 aliphatic heterocycles. The van der Waals surface area contributed by atoms with Crippen LogP contribution in [0.15, 0.2) is 29.1 Å². The molecule has 0 bridgehead atoms. The van der Waals surface area contributed by atoms with Crippen molar-refractivity contribution in [3.8, 4) is 5.69 Å². The van der Waals surface area contributed by atoms with E-state index in [4.69, 9.17) is 4.74 Å². The van der Waals surface area contributed by atoms with Crippen LogP contribution in [0.1, 0.15) is 40.1 Å². The summed E-state index contributed by atoms with van der Waals surface area (Å²) in [7, 11) is 0. The number of alkyl halides is 3. The third-order valence-corrected chi connectivity index (χ3v) is 5.20. The zero-order valence-electron chi connectivity index (χ0n) is 17.2. The molecular formula is C21H19F3N4O3. The number of benzene rings is 1. The molecule has 0 unspecified atom stereocenters. The number of rotatable bonds is 3. The van der Waals surface area contributed by atoms with Gasteiger partial charge in [0.15, 0.2) is 5.69 Å². The number of esters is 1. The quantitative estimate of drug-likeness (QED) is 0.495. The van der Waals surface area contributed by atoms with Gasteiger partial charge in [0.25, 0.3) is 5.56 Å². The fourth-order valence-electron chi connectivity index (χ4n) is 3.84. The lowest BCUT2D eigenvalue weighted by Gasteiger charge is -2.18. The van der Waals surface area contributed by atoms with Gasteiger partial charge in [0.1, 0.15) is 0 Å². The van der Waals surface area contributed by atoms with Gasteiger partial charge in [0, 0.05) is 11.4 Å². The van der Waals surface area contributed by atoms with Crippen LogP contribution in [0.25, 0.3) is 22.4 Å². The smallest absolute Gasteiger partial charge is 0.418 e. The van der Waals surface area contributed by atoms with Crippen LogP contribution in [0.2, 0.25) is 0 Å². The van der Waals surface area contributed by atoms with Gasteiger partial charge in [0.05, 0.1) is 34.6 Å². The zero-order chi connectivity index (χ0) is 22.7. The zero-order valence-corrected chi connectivity index (χ0v) is 17.2. The Hall–Kier alpha value is -3.56. The van der Waals surface area contributed by atoms with Crippen molar-refractivity contribution in [1.29, 1.82) is 0 Å². The van der Waals surface area contributed by atoms with Crippen molar-refractivity contribution in [2.24, 2.45) is 0 Å². The maximum atomic E-state index is 13.9. The summed E-state index contributed by atoms with van der Waals surface area (Å²) >= 11 is 0. The molecule has 7 nitrogen and oxygen atoms in total. The van der Waals surface area contributed by atoms with Crippen LogP contribution < -0.4 is 5.56 Å². The number of H-pyrrole nitrogens is 1. The van der Waals surface area contributed by atoms with Crippen LogP contribution in [-0.4, -0.2) is 31.5 Å². The number of nitrogens with zero attached hydrogens (tertiary/aromatic N) is 3. The molecule has 0 atom stereocenters. The predicted octanol–water partition coefficient (Wildman–Crippen LogP) is 4.09. The standard InChI is InChI=1S/C21H19F3N4O3/c1-5-31-20(30)17-12(4)28-16-9-15(27-10(2)6-7-11(27)3)13(21(22,23)24)8-14(16)25-19(29)18(28)26-17/h6-9H,5H2,1-4H3,(H,25,29). The highest BCUT2D eigenvalue weighted by Gasteiger charge is 2.35. The first-order chi connectivity index (χ1) is 14.5. The summed E-state index contributed by atoms with van der Waals surface area (Å²) in [5, 5.41) is 0. The van der Waals surface area contributed by atoms with Crippen molar-refractivity contribution in [1.82, 2.24) is 18.9 Å². The maximum absolute atomic E-state index is 13.9. The van der Waals surface area contributed by atoms with Gasteiger partial charge in [-0.3, -0.25) is 9.20 Å². The highest BCUT2D eigenvalue weighted by Crippen LogP contribution is 2.37. The molecule has 1 N–H and O–H groups in total. The maximum Gasteiger partial charge on any atom is 0.418 e. The molecule has 162 valence electrons. The van der Waals surface area contributed by atoms with Gasteiger partial charge in [0.2, 0.25) is 5.65 Å². The first kappa shape index (κ1) is 20.7. The topological polar surface area (TPSA) is 81.4 Å². The summed E-state index contributed by atoms with van der Waals surface area (Å²) in [5.41, 5.74) is -0.0291. The van der Waals surface area contributed by atoms with E-state index in [-0.39, 0.29) is 34.7 Å². The first-order valence-electron chi connectivity index (χ1n) is 9.53. The Bertz CT molecular complexity index is 1390. The van der Waals surface area contributed by atoms with Crippen molar-refractivity contribution in [2.45, 2.75) is 33.9 Å². The Kier molecular flexibility index (Phi) is 4.68. The molecule has 0 radical (unpaired) electrons. The summed E-state index contributed by atoms with van der Waals surface area (Å²) in [6, 6.07) is 5.71. The lowest BCUT2D eigenvalue weighted by Crippen LogP contribution is -2.16. The summed E-state index contributed by atoms with van der Waals surface area (Å²) in [5.74, 6) is -0.708. The number of hydrogen-bond acceptors (Lipinski definition) is 4. The van der Waals surface area contributed by atoms with E-state index in [9.17, 15) is 22.8 Å². The second kappa shape index (κ2) is 7.00. The van der Waals surface area contributed by atoms with Gasteiger partial charge >= 0.3 is 12.1 Å². The number of aryl methyl sites for hydroxylation is 3. The molecule has 0 aliphatic carbocycles. The van der Waals surface area contributed by atoms with E-state index in [1.54, 1.807) is 39.8 Å². The van der Waals surface area contributed by atoms with Gasteiger partial charge < -0.3 is 14.3 Å². The Morgan fingerprint density at radius 3 is 2.39 bits per heavy atom. The van der Waals surface area contributed by atoms with E-state index >= 15 is 0 Å². The molecule has 0 fully saturated rings. The van der Waals surface area contributed by atoms with Gasteiger partial charge in [-0.15, -0.1) is 0 Å². The van der Waals surface area contributed by atoms with Crippen molar-refractivity contribution in [3.63, 3.8) is 0 Å². The van der Waals surface area contributed by atoms with E-state index in [2.05, 4.69) is 9.97 Å².